The molecule has 2 aromatic rings. The van der Waals surface area contributed by atoms with Crippen molar-refractivity contribution in [2.45, 2.75) is 19.9 Å². The van der Waals surface area contributed by atoms with E-state index < -0.39 is 5.97 Å². The summed E-state index contributed by atoms with van der Waals surface area (Å²) in [4.78, 5) is 10.8. The summed E-state index contributed by atoms with van der Waals surface area (Å²) in [6, 6.07) is 7.53. The predicted molar refractivity (Wildman–Crippen MR) is 68.4 cm³/mol. The summed E-state index contributed by atoms with van der Waals surface area (Å²) in [6.07, 6.45) is 1.42. The molecule has 1 heterocycles. The second-order valence-corrected chi connectivity index (χ2v) is 4.07. The minimum Gasteiger partial charge on any atom is -0.494 e. The molecule has 1 aromatic heterocycles. The van der Waals surface area contributed by atoms with Crippen LogP contribution in [-0.4, -0.2) is 32.7 Å². The summed E-state index contributed by atoms with van der Waals surface area (Å²) in [5.41, 5.74) is 0.947. The molecule has 0 radical (unpaired) electrons. The maximum atomic E-state index is 10.8. The van der Waals surface area contributed by atoms with E-state index in [9.17, 15) is 4.79 Å². The molecule has 0 saturated heterocycles. The van der Waals surface area contributed by atoms with Gasteiger partial charge in [-0.3, -0.25) is 0 Å². The van der Waals surface area contributed by atoms with Crippen molar-refractivity contribution in [3.8, 4) is 5.75 Å². The fourth-order valence-corrected chi connectivity index (χ4v) is 1.73. The van der Waals surface area contributed by atoms with Crippen LogP contribution in [0, 0.1) is 0 Å². The third-order valence-corrected chi connectivity index (χ3v) is 2.80. The van der Waals surface area contributed by atoms with Gasteiger partial charge in [0.25, 0.3) is 0 Å². The van der Waals surface area contributed by atoms with E-state index in [-0.39, 0.29) is 11.7 Å². The molecule has 1 unspecified atom stereocenters. The summed E-state index contributed by atoms with van der Waals surface area (Å²) in [5, 5.41) is 16.2. The van der Waals surface area contributed by atoms with Crippen molar-refractivity contribution in [2.75, 3.05) is 6.61 Å². The Balaban J connectivity index is 2.17. The highest BCUT2D eigenvalue weighted by Crippen LogP contribution is 2.20. The average Bonchev–Trinajstić information content (AvgIpc) is 2.89. The van der Waals surface area contributed by atoms with Crippen LogP contribution in [0.3, 0.4) is 0 Å². The highest BCUT2D eigenvalue weighted by molar-refractivity contribution is 5.84. The number of carbonyl (C=O) groups is 1. The van der Waals surface area contributed by atoms with Gasteiger partial charge in [0.05, 0.1) is 18.8 Å². The summed E-state index contributed by atoms with van der Waals surface area (Å²) in [7, 11) is 0. The topological polar surface area (TPSA) is 77.2 Å². The zero-order valence-electron chi connectivity index (χ0n) is 10.8. The van der Waals surface area contributed by atoms with Crippen molar-refractivity contribution in [1.82, 2.24) is 15.0 Å². The van der Waals surface area contributed by atoms with E-state index in [1.54, 1.807) is 0 Å². The number of hydrogen-bond donors (Lipinski definition) is 1. The van der Waals surface area contributed by atoms with Crippen LogP contribution in [0.4, 0.5) is 0 Å². The minimum atomic E-state index is -1.08. The van der Waals surface area contributed by atoms with Crippen LogP contribution < -0.4 is 4.74 Å². The van der Waals surface area contributed by atoms with Crippen LogP contribution in [0.2, 0.25) is 0 Å². The van der Waals surface area contributed by atoms with Gasteiger partial charge < -0.3 is 9.84 Å². The third kappa shape index (κ3) is 2.90. The number of aromatic carboxylic acids is 1. The Labute approximate surface area is 110 Å². The van der Waals surface area contributed by atoms with Crippen LogP contribution in [-0.2, 0) is 0 Å². The molecule has 0 bridgehead atoms. The van der Waals surface area contributed by atoms with Gasteiger partial charge in [-0.2, -0.15) is 0 Å². The van der Waals surface area contributed by atoms with Crippen molar-refractivity contribution in [2.24, 2.45) is 0 Å². The van der Waals surface area contributed by atoms with Gasteiger partial charge in [0, 0.05) is 0 Å². The number of carboxylic acids is 1. The lowest BCUT2D eigenvalue weighted by Crippen LogP contribution is -2.07. The van der Waals surface area contributed by atoms with Gasteiger partial charge in [0.1, 0.15) is 5.75 Å². The zero-order chi connectivity index (χ0) is 13.8. The first-order chi connectivity index (χ1) is 9.11. The van der Waals surface area contributed by atoms with Gasteiger partial charge >= 0.3 is 5.97 Å². The first kappa shape index (κ1) is 13.1. The number of aromatic nitrogens is 3. The minimum absolute atomic E-state index is 0.0576. The maximum absolute atomic E-state index is 10.8. The Bertz CT molecular complexity index is 563. The number of benzene rings is 1. The Morgan fingerprint density at radius 1 is 1.42 bits per heavy atom. The Hall–Kier alpha value is -2.37. The quantitative estimate of drug-likeness (QED) is 0.890. The average molecular weight is 261 g/mol. The predicted octanol–water partition coefficient (Wildman–Crippen LogP) is 1.98. The summed E-state index contributed by atoms with van der Waals surface area (Å²) in [5.74, 6) is -0.270. The molecule has 6 nitrogen and oxygen atoms in total. The first-order valence-corrected chi connectivity index (χ1v) is 5.99. The molecule has 0 saturated carbocycles. The van der Waals surface area contributed by atoms with E-state index in [1.165, 1.54) is 10.9 Å². The highest BCUT2D eigenvalue weighted by atomic mass is 16.5. The summed E-state index contributed by atoms with van der Waals surface area (Å²) in [6.45, 7) is 4.48. The number of rotatable bonds is 5. The van der Waals surface area contributed by atoms with Crippen LogP contribution in [0.1, 0.15) is 35.9 Å². The number of hydrogen-bond acceptors (Lipinski definition) is 4. The normalized spacial score (nSPS) is 12.1. The SMILES string of the molecule is CCOc1ccc(C(C)n2cc(C(=O)O)nn2)cc1. The summed E-state index contributed by atoms with van der Waals surface area (Å²) >= 11 is 0. The molecule has 6 heteroatoms. The van der Waals surface area contributed by atoms with Gasteiger partial charge in [0.15, 0.2) is 5.69 Å². The molecule has 0 aliphatic carbocycles. The molecule has 100 valence electrons. The van der Waals surface area contributed by atoms with Gasteiger partial charge in [0.2, 0.25) is 0 Å². The molecule has 19 heavy (non-hydrogen) atoms. The molecule has 0 spiro atoms. The fourth-order valence-electron chi connectivity index (χ4n) is 1.73. The monoisotopic (exact) mass is 261 g/mol. The fraction of sp³-hybridized carbons (Fsp3) is 0.308. The van der Waals surface area contributed by atoms with Crippen LogP contribution >= 0.6 is 0 Å². The molecular weight excluding hydrogens is 246 g/mol. The molecule has 0 amide bonds. The Morgan fingerprint density at radius 3 is 2.63 bits per heavy atom. The molecule has 1 N–H and O–H groups in total. The van der Waals surface area contributed by atoms with Crippen molar-refractivity contribution >= 4 is 5.97 Å². The second-order valence-electron chi connectivity index (χ2n) is 4.07. The second kappa shape index (κ2) is 5.51. The van der Waals surface area contributed by atoms with E-state index in [0.29, 0.717) is 6.61 Å². The number of ether oxygens (including phenoxy) is 1. The van der Waals surface area contributed by atoms with Crippen molar-refractivity contribution < 1.29 is 14.6 Å². The van der Waals surface area contributed by atoms with Gasteiger partial charge in [-0.1, -0.05) is 17.3 Å². The number of carboxylic acid groups (broad SMARTS) is 1. The van der Waals surface area contributed by atoms with Gasteiger partial charge in [-0.15, -0.1) is 5.10 Å². The van der Waals surface area contributed by atoms with Crippen LogP contribution in [0.25, 0.3) is 0 Å². The molecule has 0 fully saturated rings. The van der Waals surface area contributed by atoms with Crippen molar-refractivity contribution in [3.63, 3.8) is 0 Å². The van der Waals surface area contributed by atoms with E-state index in [1.807, 2.05) is 38.1 Å². The maximum Gasteiger partial charge on any atom is 0.358 e. The van der Waals surface area contributed by atoms with Gasteiger partial charge in [-0.25, -0.2) is 9.48 Å². The Morgan fingerprint density at radius 2 is 2.11 bits per heavy atom. The summed E-state index contributed by atoms with van der Waals surface area (Å²) < 4.78 is 6.90. The molecule has 1 atom stereocenters. The first-order valence-electron chi connectivity index (χ1n) is 5.99. The molecular formula is C13H15N3O3. The van der Waals surface area contributed by atoms with Crippen molar-refractivity contribution in [1.29, 1.82) is 0 Å². The number of nitrogens with zero attached hydrogens (tertiary/aromatic N) is 3. The van der Waals surface area contributed by atoms with Crippen LogP contribution in [0.5, 0.6) is 5.75 Å². The standard InChI is InChI=1S/C13H15N3O3/c1-3-19-11-6-4-10(5-7-11)9(2)16-8-12(13(17)18)14-15-16/h4-9H,3H2,1-2H3,(H,17,18). The Kier molecular flexibility index (Phi) is 3.79. The van der Waals surface area contributed by atoms with E-state index in [2.05, 4.69) is 10.3 Å². The largest absolute Gasteiger partial charge is 0.494 e. The van der Waals surface area contributed by atoms with Crippen molar-refractivity contribution in [3.05, 3.63) is 41.7 Å². The van der Waals surface area contributed by atoms with Gasteiger partial charge in [-0.05, 0) is 31.5 Å². The molecule has 0 aliphatic heterocycles. The molecule has 2 rings (SSSR count). The lowest BCUT2D eigenvalue weighted by atomic mass is 10.1. The van der Waals surface area contributed by atoms with E-state index in [0.717, 1.165) is 11.3 Å². The molecule has 1 aromatic carbocycles. The third-order valence-electron chi connectivity index (χ3n) is 2.80. The van der Waals surface area contributed by atoms with E-state index >= 15 is 0 Å². The van der Waals surface area contributed by atoms with E-state index in [4.69, 9.17) is 9.84 Å². The smallest absolute Gasteiger partial charge is 0.358 e. The lowest BCUT2D eigenvalue weighted by Gasteiger charge is -2.12. The lowest BCUT2D eigenvalue weighted by molar-refractivity contribution is 0.0690. The zero-order valence-corrected chi connectivity index (χ0v) is 10.8. The van der Waals surface area contributed by atoms with Crippen LogP contribution in [0.15, 0.2) is 30.5 Å². The molecule has 0 aliphatic rings. The highest BCUT2D eigenvalue weighted by Gasteiger charge is 2.13.